The van der Waals surface area contributed by atoms with Crippen molar-refractivity contribution in [2.75, 3.05) is 12.0 Å². The van der Waals surface area contributed by atoms with Crippen molar-refractivity contribution < 1.29 is 28.2 Å². The first-order valence-corrected chi connectivity index (χ1v) is 7.75. The van der Waals surface area contributed by atoms with Gasteiger partial charge in [-0.15, -0.1) is 0 Å². The Hall–Kier alpha value is -2.09. The number of carbonyl (C=O) groups excluding carboxylic acids is 1. The van der Waals surface area contributed by atoms with Gasteiger partial charge in [0.15, 0.2) is 0 Å². The summed E-state index contributed by atoms with van der Waals surface area (Å²) in [6, 6.07) is 4.10. The van der Waals surface area contributed by atoms with Crippen LogP contribution in [0.1, 0.15) is 16.8 Å². The zero-order valence-electron chi connectivity index (χ0n) is 10.7. The number of rotatable bonds is 6. The number of phenols is 1. The number of aliphatic carboxylic acids is 1. The normalized spacial score (nSPS) is 12.7. The fraction of sp³-hybridized carbons (Fsp3) is 0.333. The molecular weight excluding hydrogens is 286 g/mol. The third-order valence-electron chi connectivity index (χ3n) is 2.49. The lowest BCUT2D eigenvalue weighted by Gasteiger charge is -2.14. The van der Waals surface area contributed by atoms with Crippen molar-refractivity contribution in [1.29, 1.82) is 0 Å². The maximum absolute atomic E-state index is 11.8. The van der Waals surface area contributed by atoms with E-state index in [1.807, 2.05) is 0 Å². The van der Waals surface area contributed by atoms with E-state index in [0.717, 1.165) is 6.26 Å². The molecule has 0 spiro atoms. The summed E-state index contributed by atoms with van der Waals surface area (Å²) in [5.41, 5.74) is 0.0932. The highest BCUT2D eigenvalue weighted by Crippen LogP contribution is 2.11. The van der Waals surface area contributed by atoms with Crippen molar-refractivity contribution in [3.05, 3.63) is 29.8 Å². The minimum Gasteiger partial charge on any atom is -0.508 e. The van der Waals surface area contributed by atoms with Crippen molar-refractivity contribution in [2.24, 2.45) is 0 Å². The van der Waals surface area contributed by atoms with Crippen LogP contribution in [0.5, 0.6) is 5.75 Å². The number of aromatic hydroxyl groups is 1. The second-order valence-electron chi connectivity index (χ2n) is 4.33. The number of carbonyl (C=O) groups is 2. The molecule has 0 radical (unpaired) electrons. The number of amides is 1. The van der Waals surface area contributed by atoms with Crippen LogP contribution in [0.15, 0.2) is 24.3 Å². The third-order valence-corrected chi connectivity index (χ3v) is 3.47. The molecule has 1 aromatic rings. The Labute approximate surface area is 116 Å². The van der Waals surface area contributed by atoms with Crippen LogP contribution in [0.25, 0.3) is 0 Å². The van der Waals surface area contributed by atoms with E-state index in [1.54, 1.807) is 0 Å². The molecule has 1 atom stereocenters. The molecule has 110 valence electrons. The number of hydrogen-bond donors (Lipinski definition) is 3. The predicted octanol–water partition coefficient (Wildman–Crippen LogP) is 0.00990. The molecule has 0 saturated carbocycles. The molecule has 0 aliphatic carbocycles. The lowest BCUT2D eigenvalue weighted by atomic mass is 10.1. The number of hydrogen-bond acceptors (Lipinski definition) is 5. The van der Waals surface area contributed by atoms with Crippen LogP contribution in [-0.2, 0) is 14.6 Å². The monoisotopic (exact) mass is 301 g/mol. The number of sulfone groups is 1. The summed E-state index contributed by atoms with van der Waals surface area (Å²) in [5, 5.41) is 20.4. The highest BCUT2D eigenvalue weighted by Gasteiger charge is 2.22. The van der Waals surface area contributed by atoms with Gasteiger partial charge in [0.05, 0.1) is 5.75 Å². The molecule has 0 aliphatic heterocycles. The Kier molecular flexibility index (Phi) is 5.09. The maximum Gasteiger partial charge on any atom is 0.326 e. The summed E-state index contributed by atoms with van der Waals surface area (Å²) in [6.07, 6.45) is 0.766. The summed E-state index contributed by atoms with van der Waals surface area (Å²) in [5.74, 6) is -2.48. The Bertz CT molecular complexity index is 610. The first-order chi connectivity index (χ1) is 9.19. The average Bonchev–Trinajstić information content (AvgIpc) is 2.32. The Balaban J connectivity index is 2.75. The fourth-order valence-corrected chi connectivity index (χ4v) is 2.14. The number of benzene rings is 1. The molecule has 0 aliphatic rings. The lowest BCUT2D eigenvalue weighted by molar-refractivity contribution is -0.139. The van der Waals surface area contributed by atoms with E-state index in [9.17, 15) is 23.1 Å². The van der Waals surface area contributed by atoms with Crippen LogP contribution in [0.2, 0.25) is 0 Å². The largest absolute Gasteiger partial charge is 0.508 e. The molecule has 0 saturated heterocycles. The van der Waals surface area contributed by atoms with Gasteiger partial charge < -0.3 is 15.5 Å². The summed E-state index contributed by atoms with van der Waals surface area (Å²) in [6.45, 7) is 0. The number of carboxylic acid groups (broad SMARTS) is 1. The van der Waals surface area contributed by atoms with Gasteiger partial charge in [-0.2, -0.15) is 0 Å². The van der Waals surface area contributed by atoms with E-state index >= 15 is 0 Å². The summed E-state index contributed by atoms with van der Waals surface area (Å²) in [7, 11) is -3.31. The molecule has 20 heavy (non-hydrogen) atoms. The van der Waals surface area contributed by atoms with E-state index in [0.29, 0.717) is 0 Å². The van der Waals surface area contributed by atoms with E-state index < -0.39 is 27.8 Å². The molecule has 1 unspecified atom stereocenters. The number of carboxylic acids is 1. The van der Waals surface area contributed by atoms with Crippen molar-refractivity contribution in [3.63, 3.8) is 0 Å². The van der Waals surface area contributed by atoms with Gasteiger partial charge in [-0.25, -0.2) is 13.2 Å². The minimum atomic E-state index is -3.31. The maximum atomic E-state index is 11.8. The number of phenolic OH excluding ortho intramolecular Hbond substituents is 1. The Morgan fingerprint density at radius 1 is 1.35 bits per heavy atom. The van der Waals surface area contributed by atoms with E-state index in [1.165, 1.54) is 24.3 Å². The van der Waals surface area contributed by atoms with Gasteiger partial charge in [-0.05, 0) is 24.6 Å². The molecule has 3 N–H and O–H groups in total. The molecular formula is C12H15NO6S. The smallest absolute Gasteiger partial charge is 0.326 e. The molecule has 1 amide bonds. The van der Waals surface area contributed by atoms with Crippen LogP contribution in [0, 0.1) is 0 Å². The van der Waals surface area contributed by atoms with E-state index in [-0.39, 0.29) is 23.5 Å². The second kappa shape index (κ2) is 6.38. The Morgan fingerprint density at radius 2 is 2.00 bits per heavy atom. The lowest BCUT2D eigenvalue weighted by Crippen LogP contribution is -2.41. The third kappa shape index (κ3) is 5.27. The standard InChI is InChI=1S/C12H15NO6S/c1-20(18,19)6-5-10(12(16)17)13-11(15)8-3-2-4-9(14)7-8/h2-4,7,10,14H,5-6H2,1H3,(H,13,15)(H,16,17). The van der Waals surface area contributed by atoms with Crippen LogP contribution in [0.4, 0.5) is 0 Å². The first-order valence-electron chi connectivity index (χ1n) is 5.69. The van der Waals surface area contributed by atoms with Gasteiger partial charge in [0.25, 0.3) is 5.91 Å². The molecule has 0 bridgehead atoms. The molecule has 7 nitrogen and oxygen atoms in total. The summed E-state index contributed by atoms with van der Waals surface area (Å²) < 4.78 is 22.0. The minimum absolute atomic E-state index is 0.0932. The second-order valence-corrected chi connectivity index (χ2v) is 6.59. The average molecular weight is 301 g/mol. The van der Waals surface area contributed by atoms with Gasteiger partial charge >= 0.3 is 5.97 Å². The molecule has 0 aromatic heterocycles. The first kappa shape index (κ1) is 16.0. The predicted molar refractivity (Wildman–Crippen MR) is 71.3 cm³/mol. The summed E-state index contributed by atoms with van der Waals surface area (Å²) in [4.78, 5) is 22.8. The Morgan fingerprint density at radius 3 is 2.50 bits per heavy atom. The highest BCUT2D eigenvalue weighted by molar-refractivity contribution is 7.90. The van der Waals surface area contributed by atoms with Crippen LogP contribution < -0.4 is 5.32 Å². The molecule has 1 rings (SSSR count). The van der Waals surface area contributed by atoms with E-state index in [4.69, 9.17) is 5.11 Å². The number of nitrogens with one attached hydrogen (secondary N) is 1. The van der Waals surface area contributed by atoms with Crippen molar-refractivity contribution >= 4 is 21.7 Å². The van der Waals surface area contributed by atoms with Crippen LogP contribution >= 0.6 is 0 Å². The fourth-order valence-electron chi connectivity index (χ4n) is 1.48. The molecule has 0 heterocycles. The van der Waals surface area contributed by atoms with Crippen molar-refractivity contribution in [3.8, 4) is 5.75 Å². The van der Waals surface area contributed by atoms with E-state index in [2.05, 4.69) is 5.32 Å². The van der Waals surface area contributed by atoms with Gasteiger partial charge in [0.2, 0.25) is 0 Å². The SMILES string of the molecule is CS(=O)(=O)CCC(NC(=O)c1cccc(O)c1)C(=O)O. The van der Waals surface area contributed by atoms with Crippen LogP contribution in [-0.4, -0.2) is 48.6 Å². The summed E-state index contributed by atoms with van der Waals surface area (Å²) >= 11 is 0. The quantitative estimate of drug-likeness (QED) is 0.680. The zero-order chi connectivity index (χ0) is 15.3. The van der Waals surface area contributed by atoms with Gasteiger partial charge in [-0.3, -0.25) is 4.79 Å². The molecule has 0 fully saturated rings. The van der Waals surface area contributed by atoms with Crippen molar-refractivity contribution in [1.82, 2.24) is 5.32 Å². The van der Waals surface area contributed by atoms with Gasteiger partial charge in [0.1, 0.15) is 21.6 Å². The molecule has 1 aromatic carbocycles. The molecule has 8 heteroatoms. The van der Waals surface area contributed by atoms with Gasteiger partial charge in [0, 0.05) is 11.8 Å². The van der Waals surface area contributed by atoms with Gasteiger partial charge in [-0.1, -0.05) is 6.07 Å². The zero-order valence-corrected chi connectivity index (χ0v) is 11.6. The topological polar surface area (TPSA) is 121 Å². The highest BCUT2D eigenvalue weighted by atomic mass is 32.2. The van der Waals surface area contributed by atoms with Crippen LogP contribution in [0.3, 0.4) is 0 Å². The van der Waals surface area contributed by atoms with Crippen molar-refractivity contribution in [2.45, 2.75) is 12.5 Å².